The largest absolute Gasteiger partial charge is 0.396 e. The summed E-state index contributed by atoms with van der Waals surface area (Å²) in [6.45, 7) is 3.79. The molecule has 2 N–H and O–H groups in total. The van der Waals surface area contributed by atoms with E-state index < -0.39 is 0 Å². The number of nitrogens with zero attached hydrogens (tertiary/aromatic N) is 5. The molecule has 2 saturated heterocycles. The molecule has 0 saturated carbocycles. The first-order valence-corrected chi connectivity index (χ1v) is 9.14. The summed E-state index contributed by atoms with van der Waals surface area (Å²) in [7, 11) is 0. The van der Waals surface area contributed by atoms with E-state index in [-0.39, 0.29) is 17.8 Å². The molecule has 3 aromatic rings. The number of imidazole rings is 1. The number of H-pyrrole nitrogens is 1. The summed E-state index contributed by atoms with van der Waals surface area (Å²) in [4.78, 5) is 20.4. The fourth-order valence-corrected chi connectivity index (χ4v) is 4.66. The van der Waals surface area contributed by atoms with Crippen LogP contribution in [0.1, 0.15) is 5.56 Å². The van der Waals surface area contributed by atoms with E-state index in [1.807, 2.05) is 12.1 Å². The number of nitrogens with one attached hydrogen (secondary N) is 1. The van der Waals surface area contributed by atoms with Gasteiger partial charge in [-0.1, -0.05) is 18.2 Å². The molecule has 7 nitrogen and oxygen atoms in total. The van der Waals surface area contributed by atoms with Gasteiger partial charge in [-0.15, -0.1) is 0 Å². The summed E-state index contributed by atoms with van der Waals surface area (Å²) >= 11 is 0. The zero-order chi connectivity index (χ0) is 18.4. The Hall–Kier alpha value is -2.58. The third kappa shape index (κ3) is 2.67. The lowest BCUT2D eigenvalue weighted by atomic mass is 9.82. The summed E-state index contributed by atoms with van der Waals surface area (Å²) in [5.74, 6) is 0.972. The number of halogens is 1. The SMILES string of the molecule is OCC12CN(Cc3ccccc3F)CC1CN(c1ncnc3nc[nH]c13)C2. The summed E-state index contributed by atoms with van der Waals surface area (Å²) in [6, 6.07) is 6.91. The van der Waals surface area contributed by atoms with Crippen LogP contribution < -0.4 is 4.90 Å². The number of hydrogen-bond acceptors (Lipinski definition) is 6. The fourth-order valence-electron chi connectivity index (χ4n) is 4.66. The van der Waals surface area contributed by atoms with Gasteiger partial charge in [-0.25, -0.2) is 19.3 Å². The molecule has 1 aromatic carbocycles. The number of aliphatic hydroxyl groups is 1. The number of benzene rings is 1. The van der Waals surface area contributed by atoms with Crippen molar-refractivity contribution < 1.29 is 9.50 Å². The van der Waals surface area contributed by atoms with Gasteiger partial charge in [-0.2, -0.15) is 0 Å². The van der Waals surface area contributed by atoms with Crippen molar-refractivity contribution in [2.75, 3.05) is 37.7 Å². The van der Waals surface area contributed by atoms with E-state index in [0.29, 0.717) is 30.2 Å². The van der Waals surface area contributed by atoms with E-state index >= 15 is 0 Å². The molecule has 0 amide bonds. The minimum atomic E-state index is -0.220. The number of rotatable bonds is 4. The van der Waals surface area contributed by atoms with Gasteiger partial charge in [-0.3, -0.25) is 4.90 Å². The van der Waals surface area contributed by atoms with Crippen molar-refractivity contribution >= 4 is 17.0 Å². The van der Waals surface area contributed by atoms with Gasteiger partial charge in [0.1, 0.15) is 17.7 Å². The molecule has 2 atom stereocenters. The lowest BCUT2D eigenvalue weighted by Crippen LogP contribution is -2.37. The molecule has 2 unspecified atom stereocenters. The average Bonchev–Trinajstić information content (AvgIpc) is 3.35. The Morgan fingerprint density at radius 2 is 2.07 bits per heavy atom. The van der Waals surface area contributed by atoms with E-state index in [9.17, 15) is 9.50 Å². The number of fused-ring (bicyclic) bond motifs is 2. The van der Waals surface area contributed by atoms with Crippen molar-refractivity contribution in [3.63, 3.8) is 0 Å². The highest BCUT2D eigenvalue weighted by Crippen LogP contribution is 2.44. The summed E-state index contributed by atoms with van der Waals surface area (Å²) in [5, 5.41) is 10.2. The Morgan fingerprint density at radius 1 is 1.19 bits per heavy atom. The lowest BCUT2D eigenvalue weighted by molar-refractivity contribution is 0.125. The Kier molecular flexibility index (Phi) is 3.84. The van der Waals surface area contributed by atoms with Gasteiger partial charge in [-0.05, 0) is 12.0 Å². The second-order valence-corrected chi connectivity index (χ2v) is 7.66. The Labute approximate surface area is 155 Å². The van der Waals surface area contributed by atoms with Gasteiger partial charge in [0.25, 0.3) is 0 Å². The van der Waals surface area contributed by atoms with Gasteiger partial charge in [0.2, 0.25) is 0 Å². The summed E-state index contributed by atoms with van der Waals surface area (Å²) in [6.07, 6.45) is 3.15. The van der Waals surface area contributed by atoms with Gasteiger partial charge >= 0.3 is 0 Å². The maximum atomic E-state index is 14.0. The van der Waals surface area contributed by atoms with Crippen LogP contribution in [-0.4, -0.2) is 62.7 Å². The summed E-state index contributed by atoms with van der Waals surface area (Å²) in [5.41, 5.74) is 1.96. The molecule has 140 valence electrons. The molecule has 0 aliphatic carbocycles. The van der Waals surface area contributed by atoms with E-state index in [1.54, 1.807) is 12.4 Å². The highest BCUT2D eigenvalue weighted by Gasteiger charge is 2.52. The predicted molar refractivity (Wildman–Crippen MR) is 98.6 cm³/mol. The lowest BCUT2D eigenvalue weighted by Gasteiger charge is -2.27. The minimum absolute atomic E-state index is 0.110. The van der Waals surface area contributed by atoms with Gasteiger partial charge in [0.15, 0.2) is 11.5 Å². The topological polar surface area (TPSA) is 81.2 Å². The van der Waals surface area contributed by atoms with Crippen LogP contribution in [0.15, 0.2) is 36.9 Å². The molecule has 8 heteroatoms. The minimum Gasteiger partial charge on any atom is -0.396 e. The number of aromatic nitrogens is 4. The fraction of sp³-hybridized carbons (Fsp3) is 0.421. The maximum Gasteiger partial charge on any atom is 0.182 e. The van der Waals surface area contributed by atoms with E-state index in [4.69, 9.17) is 0 Å². The highest BCUT2D eigenvalue weighted by atomic mass is 19.1. The van der Waals surface area contributed by atoms with Crippen molar-refractivity contribution in [1.29, 1.82) is 0 Å². The molecule has 2 aliphatic rings. The molecule has 0 radical (unpaired) electrons. The third-order valence-electron chi connectivity index (χ3n) is 6.00. The summed E-state index contributed by atoms with van der Waals surface area (Å²) < 4.78 is 14.0. The normalized spacial score (nSPS) is 25.4. The Bertz CT molecular complexity index is 977. The quantitative estimate of drug-likeness (QED) is 0.725. The standard InChI is InChI=1S/C19H21FN6O/c20-15-4-2-1-3-13(15)5-25-6-14-7-26(9-19(14,8-25)10-27)18-16-17(22-11-21-16)23-12-24-18/h1-4,11-12,14,27H,5-10H2,(H,21,22,23,24). The monoisotopic (exact) mass is 368 g/mol. The van der Waals surface area contributed by atoms with Crippen molar-refractivity contribution in [2.24, 2.45) is 11.3 Å². The Morgan fingerprint density at radius 3 is 2.89 bits per heavy atom. The molecule has 2 aromatic heterocycles. The molecular formula is C19H21FN6O. The molecule has 27 heavy (non-hydrogen) atoms. The second-order valence-electron chi connectivity index (χ2n) is 7.66. The van der Waals surface area contributed by atoms with Crippen molar-refractivity contribution in [1.82, 2.24) is 24.8 Å². The van der Waals surface area contributed by atoms with Crippen LogP contribution in [0.4, 0.5) is 10.2 Å². The number of aliphatic hydroxyl groups excluding tert-OH is 1. The van der Waals surface area contributed by atoms with E-state index in [1.165, 1.54) is 12.4 Å². The molecule has 0 spiro atoms. The number of likely N-dealkylation sites (tertiary alicyclic amines) is 1. The highest BCUT2D eigenvalue weighted by molar-refractivity contribution is 5.82. The first-order chi connectivity index (χ1) is 13.2. The molecular weight excluding hydrogens is 347 g/mol. The smallest absolute Gasteiger partial charge is 0.182 e. The van der Waals surface area contributed by atoms with E-state index in [0.717, 1.165) is 31.0 Å². The molecule has 2 fully saturated rings. The van der Waals surface area contributed by atoms with Crippen molar-refractivity contribution in [3.8, 4) is 0 Å². The van der Waals surface area contributed by atoms with Crippen molar-refractivity contribution in [3.05, 3.63) is 48.3 Å². The van der Waals surface area contributed by atoms with Crippen LogP contribution in [0.25, 0.3) is 11.2 Å². The number of hydrogen-bond donors (Lipinski definition) is 2. The zero-order valence-electron chi connectivity index (χ0n) is 14.8. The number of anilines is 1. The van der Waals surface area contributed by atoms with Crippen molar-refractivity contribution in [2.45, 2.75) is 6.54 Å². The van der Waals surface area contributed by atoms with Crippen LogP contribution in [0.5, 0.6) is 0 Å². The van der Waals surface area contributed by atoms with Crippen LogP contribution in [0.2, 0.25) is 0 Å². The predicted octanol–water partition coefficient (Wildman–Crippen LogP) is 1.42. The molecule has 0 bridgehead atoms. The first kappa shape index (κ1) is 16.6. The van der Waals surface area contributed by atoms with Gasteiger partial charge in [0, 0.05) is 43.7 Å². The third-order valence-corrected chi connectivity index (χ3v) is 6.00. The first-order valence-electron chi connectivity index (χ1n) is 9.14. The van der Waals surface area contributed by atoms with Crippen LogP contribution in [0, 0.1) is 17.2 Å². The number of aromatic amines is 1. The van der Waals surface area contributed by atoms with Gasteiger partial charge in [0.05, 0.1) is 12.9 Å². The Balaban J connectivity index is 1.37. The molecule has 5 rings (SSSR count). The second kappa shape index (κ2) is 6.24. The zero-order valence-corrected chi connectivity index (χ0v) is 14.8. The molecule has 4 heterocycles. The van der Waals surface area contributed by atoms with Crippen LogP contribution in [-0.2, 0) is 6.54 Å². The van der Waals surface area contributed by atoms with Crippen LogP contribution >= 0.6 is 0 Å². The maximum absolute atomic E-state index is 14.0. The molecule has 2 aliphatic heterocycles. The van der Waals surface area contributed by atoms with E-state index in [2.05, 4.69) is 29.7 Å². The van der Waals surface area contributed by atoms with Gasteiger partial charge < -0.3 is 15.0 Å². The van der Waals surface area contributed by atoms with Crippen LogP contribution in [0.3, 0.4) is 0 Å². The average molecular weight is 368 g/mol.